The van der Waals surface area contributed by atoms with Crippen molar-refractivity contribution in [1.29, 1.82) is 0 Å². The first kappa shape index (κ1) is 15.4. The summed E-state index contributed by atoms with van der Waals surface area (Å²) in [6.45, 7) is 3.57. The lowest BCUT2D eigenvalue weighted by Crippen LogP contribution is -2.25. The lowest BCUT2D eigenvalue weighted by atomic mass is 10.1. The van der Waals surface area contributed by atoms with E-state index in [-0.39, 0.29) is 17.5 Å². The van der Waals surface area contributed by atoms with Gasteiger partial charge in [0.2, 0.25) is 0 Å². The van der Waals surface area contributed by atoms with Crippen LogP contribution in [-0.4, -0.2) is 31.4 Å². The number of aryl methyl sites for hydroxylation is 1. The Hall–Kier alpha value is -1.63. The van der Waals surface area contributed by atoms with Gasteiger partial charge in [-0.15, -0.1) is 0 Å². The number of nitro benzene ring substituents is 1. The van der Waals surface area contributed by atoms with Gasteiger partial charge in [-0.3, -0.25) is 10.1 Å². The highest BCUT2D eigenvalue weighted by Crippen LogP contribution is 2.24. The van der Waals surface area contributed by atoms with Crippen molar-refractivity contribution < 1.29 is 13.3 Å². The Morgan fingerprint density at radius 2 is 2.05 bits per heavy atom. The van der Waals surface area contributed by atoms with E-state index in [1.807, 2.05) is 6.92 Å². The lowest BCUT2D eigenvalue weighted by Gasteiger charge is -2.14. The second-order valence-corrected chi connectivity index (χ2v) is 6.78. The summed E-state index contributed by atoms with van der Waals surface area (Å²) < 4.78 is 22.3. The summed E-state index contributed by atoms with van der Waals surface area (Å²) in [7, 11) is -3.08. The monoisotopic (exact) mass is 286 g/mol. The van der Waals surface area contributed by atoms with Gasteiger partial charge in [-0.25, -0.2) is 8.42 Å². The summed E-state index contributed by atoms with van der Waals surface area (Å²) in [6, 6.07) is 4.55. The molecule has 0 aliphatic rings. The second-order valence-electron chi connectivity index (χ2n) is 4.59. The van der Waals surface area contributed by atoms with Gasteiger partial charge in [0.1, 0.15) is 9.84 Å². The minimum absolute atomic E-state index is 0.0175. The molecule has 0 saturated heterocycles. The number of nitrogens with zero attached hydrogens (tertiary/aromatic N) is 1. The zero-order valence-corrected chi connectivity index (χ0v) is 12.0. The highest BCUT2D eigenvalue weighted by Gasteiger charge is 2.15. The fourth-order valence-corrected chi connectivity index (χ4v) is 2.89. The average molecular weight is 286 g/mol. The number of rotatable bonds is 6. The molecule has 0 amide bonds. The van der Waals surface area contributed by atoms with Crippen molar-refractivity contribution in [3.8, 4) is 0 Å². The fourth-order valence-electron chi connectivity index (χ4n) is 1.90. The summed E-state index contributed by atoms with van der Waals surface area (Å²) in [5.41, 5.74) is 1.27. The predicted octanol–water partition coefficient (Wildman–Crippen LogP) is 2.00. The molecular weight excluding hydrogens is 268 g/mol. The molecule has 1 aromatic carbocycles. The van der Waals surface area contributed by atoms with Crippen molar-refractivity contribution in [2.45, 2.75) is 26.3 Å². The number of benzene rings is 1. The van der Waals surface area contributed by atoms with Crippen molar-refractivity contribution >= 4 is 21.2 Å². The molecule has 19 heavy (non-hydrogen) atoms. The third kappa shape index (κ3) is 4.86. The first-order chi connectivity index (χ1) is 8.73. The average Bonchev–Trinajstić information content (AvgIpc) is 2.26. The molecule has 0 saturated carbocycles. The lowest BCUT2D eigenvalue weighted by molar-refractivity contribution is -0.385. The molecule has 0 fully saturated rings. The van der Waals surface area contributed by atoms with Gasteiger partial charge in [0.25, 0.3) is 5.69 Å². The number of hydrogen-bond acceptors (Lipinski definition) is 5. The molecule has 0 bridgehead atoms. The zero-order chi connectivity index (χ0) is 14.6. The number of sulfone groups is 1. The van der Waals surface area contributed by atoms with Crippen LogP contribution in [0.4, 0.5) is 11.4 Å². The maximum Gasteiger partial charge on any atom is 0.274 e. The normalized spacial score (nSPS) is 13.0. The van der Waals surface area contributed by atoms with E-state index < -0.39 is 14.8 Å². The standard InChI is InChI=1S/C12H18N2O4S/c1-4-10-5-6-11(7-12(10)14(15)16)13-9(2)8-19(3,17)18/h5-7,9,13H,4,8H2,1-3H3. The third-order valence-corrected chi connectivity index (χ3v) is 3.73. The SMILES string of the molecule is CCc1ccc(NC(C)CS(C)(=O)=O)cc1[N+](=O)[O-]. The van der Waals surface area contributed by atoms with Gasteiger partial charge >= 0.3 is 0 Å². The van der Waals surface area contributed by atoms with E-state index in [1.54, 1.807) is 19.1 Å². The molecule has 0 heterocycles. The summed E-state index contributed by atoms with van der Waals surface area (Å²) in [6.07, 6.45) is 1.74. The smallest absolute Gasteiger partial charge is 0.274 e. The minimum atomic E-state index is -3.08. The number of nitrogens with one attached hydrogen (secondary N) is 1. The van der Waals surface area contributed by atoms with E-state index in [4.69, 9.17) is 0 Å². The van der Waals surface area contributed by atoms with E-state index in [1.165, 1.54) is 6.07 Å². The highest BCUT2D eigenvalue weighted by molar-refractivity contribution is 7.90. The minimum Gasteiger partial charge on any atom is -0.381 e. The van der Waals surface area contributed by atoms with Gasteiger partial charge in [0.15, 0.2) is 0 Å². The van der Waals surface area contributed by atoms with Crippen LogP contribution in [0.15, 0.2) is 18.2 Å². The molecule has 1 aromatic rings. The first-order valence-electron chi connectivity index (χ1n) is 5.94. The van der Waals surface area contributed by atoms with Crippen LogP contribution < -0.4 is 5.32 Å². The van der Waals surface area contributed by atoms with E-state index in [2.05, 4.69) is 5.32 Å². The van der Waals surface area contributed by atoms with Crippen molar-refractivity contribution in [1.82, 2.24) is 0 Å². The molecule has 1 rings (SSSR count). The Morgan fingerprint density at radius 1 is 1.42 bits per heavy atom. The summed E-state index contributed by atoms with van der Waals surface area (Å²) in [5.74, 6) is -0.0175. The van der Waals surface area contributed by atoms with E-state index in [0.717, 1.165) is 6.26 Å². The van der Waals surface area contributed by atoms with Gasteiger partial charge in [0, 0.05) is 29.6 Å². The Balaban J connectivity index is 2.91. The molecule has 6 nitrogen and oxygen atoms in total. The van der Waals surface area contributed by atoms with E-state index in [9.17, 15) is 18.5 Å². The van der Waals surface area contributed by atoms with Gasteiger partial charge in [0.05, 0.1) is 10.7 Å². The number of hydrogen-bond donors (Lipinski definition) is 1. The van der Waals surface area contributed by atoms with E-state index >= 15 is 0 Å². The largest absolute Gasteiger partial charge is 0.381 e. The number of anilines is 1. The highest BCUT2D eigenvalue weighted by atomic mass is 32.2. The van der Waals surface area contributed by atoms with Crippen LogP contribution >= 0.6 is 0 Å². The second kappa shape index (κ2) is 6.01. The Kier molecular flexibility index (Phi) is 4.88. The first-order valence-corrected chi connectivity index (χ1v) is 8.00. The third-order valence-electron chi connectivity index (χ3n) is 2.63. The fraction of sp³-hybridized carbons (Fsp3) is 0.500. The number of nitro groups is 1. The van der Waals surface area contributed by atoms with Gasteiger partial charge in [-0.05, 0) is 19.4 Å². The molecule has 0 aliphatic heterocycles. The Labute approximate surface area is 112 Å². The van der Waals surface area contributed by atoms with E-state index in [0.29, 0.717) is 17.7 Å². The maximum absolute atomic E-state index is 11.2. The Morgan fingerprint density at radius 3 is 2.53 bits per heavy atom. The summed E-state index contributed by atoms with van der Waals surface area (Å²) >= 11 is 0. The van der Waals surface area contributed by atoms with Gasteiger partial charge in [-0.2, -0.15) is 0 Å². The van der Waals surface area contributed by atoms with Crippen LogP contribution in [0, 0.1) is 10.1 Å². The quantitative estimate of drug-likeness (QED) is 0.638. The molecule has 1 N–H and O–H groups in total. The van der Waals surface area contributed by atoms with Crippen LogP contribution in [0.2, 0.25) is 0 Å². The van der Waals surface area contributed by atoms with Crippen LogP contribution in [-0.2, 0) is 16.3 Å². The molecule has 0 aliphatic carbocycles. The summed E-state index contributed by atoms with van der Waals surface area (Å²) in [5, 5.41) is 13.9. The van der Waals surface area contributed by atoms with Crippen molar-refractivity contribution in [3.05, 3.63) is 33.9 Å². The molecule has 0 radical (unpaired) electrons. The van der Waals surface area contributed by atoms with Crippen LogP contribution in [0.5, 0.6) is 0 Å². The van der Waals surface area contributed by atoms with Crippen LogP contribution in [0.1, 0.15) is 19.4 Å². The molecule has 1 unspecified atom stereocenters. The molecule has 0 spiro atoms. The molecular formula is C12H18N2O4S. The zero-order valence-electron chi connectivity index (χ0n) is 11.2. The van der Waals surface area contributed by atoms with Crippen molar-refractivity contribution in [3.63, 3.8) is 0 Å². The van der Waals surface area contributed by atoms with Crippen LogP contribution in [0.25, 0.3) is 0 Å². The molecule has 1 atom stereocenters. The Bertz CT molecular complexity index is 569. The topological polar surface area (TPSA) is 89.3 Å². The maximum atomic E-state index is 11.2. The molecule has 0 aromatic heterocycles. The molecule has 7 heteroatoms. The van der Waals surface area contributed by atoms with Crippen LogP contribution in [0.3, 0.4) is 0 Å². The van der Waals surface area contributed by atoms with Crippen molar-refractivity contribution in [2.24, 2.45) is 0 Å². The van der Waals surface area contributed by atoms with Gasteiger partial charge < -0.3 is 5.32 Å². The molecule has 106 valence electrons. The van der Waals surface area contributed by atoms with Gasteiger partial charge in [-0.1, -0.05) is 13.0 Å². The summed E-state index contributed by atoms with van der Waals surface area (Å²) in [4.78, 5) is 10.5. The van der Waals surface area contributed by atoms with Crippen molar-refractivity contribution in [2.75, 3.05) is 17.3 Å². The predicted molar refractivity (Wildman–Crippen MR) is 75.3 cm³/mol.